The van der Waals surface area contributed by atoms with Gasteiger partial charge in [-0.2, -0.15) is 0 Å². The van der Waals surface area contributed by atoms with E-state index in [0.717, 1.165) is 24.3 Å². The summed E-state index contributed by atoms with van der Waals surface area (Å²) in [6.45, 7) is 3.26. The Hall–Kier alpha value is -0.960. The van der Waals surface area contributed by atoms with Crippen molar-refractivity contribution in [3.8, 4) is 0 Å². The van der Waals surface area contributed by atoms with Crippen LogP contribution in [0.15, 0.2) is 23.1 Å². The molecule has 0 saturated carbocycles. The van der Waals surface area contributed by atoms with Gasteiger partial charge in [-0.05, 0) is 25.8 Å². The van der Waals surface area contributed by atoms with Crippen molar-refractivity contribution in [1.29, 1.82) is 0 Å². The van der Waals surface area contributed by atoms with Crippen molar-refractivity contribution >= 4 is 0 Å². The van der Waals surface area contributed by atoms with Crippen LogP contribution < -0.4 is 5.73 Å². The van der Waals surface area contributed by atoms with Gasteiger partial charge < -0.3 is 15.2 Å². The van der Waals surface area contributed by atoms with Crippen LogP contribution in [0.2, 0.25) is 0 Å². The second-order valence-electron chi connectivity index (χ2n) is 3.22. The van der Waals surface area contributed by atoms with E-state index in [0.29, 0.717) is 13.2 Å². The molecule has 1 aliphatic carbocycles. The summed E-state index contributed by atoms with van der Waals surface area (Å²) in [6, 6.07) is 0. The molecular formula is C10H17NO2. The molecule has 0 aromatic carbocycles. The van der Waals surface area contributed by atoms with E-state index in [9.17, 15) is 0 Å². The Morgan fingerprint density at radius 2 is 2.15 bits per heavy atom. The van der Waals surface area contributed by atoms with Crippen molar-refractivity contribution in [2.24, 2.45) is 5.73 Å². The van der Waals surface area contributed by atoms with Crippen molar-refractivity contribution < 1.29 is 9.47 Å². The molecule has 0 radical (unpaired) electrons. The van der Waals surface area contributed by atoms with Gasteiger partial charge in [0.25, 0.3) is 0 Å². The van der Waals surface area contributed by atoms with Crippen LogP contribution in [-0.2, 0) is 9.47 Å². The Morgan fingerprint density at radius 1 is 1.38 bits per heavy atom. The smallest absolute Gasteiger partial charge is 0.138 e. The highest BCUT2D eigenvalue weighted by atomic mass is 16.5. The maximum atomic E-state index is 5.79. The van der Waals surface area contributed by atoms with Crippen molar-refractivity contribution in [3.63, 3.8) is 0 Å². The van der Waals surface area contributed by atoms with Crippen LogP contribution in [0.3, 0.4) is 0 Å². The molecule has 2 N–H and O–H groups in total. The normalized spacial score (nSPS) is 17.2. The van der Waals surface area contributed by atoms with E-state index in [1.165, 1.54) is 5.57 Å². The summed E-state index contributed by atoms with van der Waals surface area (Å²) in [5.74, 6) is 0.820. The van der Waals surface area contributed by atoms with E-state index in [2.05, 4.69) is 6.92 Å². The molecule has 1 aliphatic rings. The van der Waals surface area contributed by atoms with Gasteiger partial charge in [0.05, 0.1) is 12.3 Å². The highest BCUT2D eigenvalue weighted by Gasteiger charge is 2.08. The number of nitrogens with two attached hydrogens (primary N) is 1. The Bertz CT molecular complexity index is 231. The molecule has 1 rings (SSSR count). The molecule has 0 spiro atoms. The van der Waals surface area contributed by atoms with Crippen LogP contribution >= 0.6 is 0 Å². The molecule has 0 fully saturated rings. The Morgan fingerprint density at radius 3 is 2.85 bits per heavy atom. The van der Waals surface area contributed by atoms with Crippen LogP contribution in [-0.4, -0.2) is 20.3 Å². The van der Waals surface area contributed by atoms with Gasteiger partial charge in [0, 0.05) is 7.11 Å². The van der Waals surface area contributed by atoms with E-state index in [1.807, 2.05) is 6.08 Å². The molecule has 0 saturated heterocycles. The Labute approximate surface area is 79.2 Å². The highest BCUT2D eigenvalue weighted by Crippen LogP contribution is 2.20. The number of hydrogen-bond acceptors (Lipinski definition) is 3. The van der Waals surface area contributed by atoms with Gasteiger partial charge in [-0.25, -0.2) is 0 Å². The third-order valence-corrected chi connectivity index (χ3v) is 2.03. The highest BCUT2D eigenvalue weighted by molar-refractivity contribution is 5.26. The summed E-state index contributed by atoms with van der Waals surface area (Å²) in [4.78, 5) is 0. The summed E-state index contributed by atoms with van der Waals surface area (Å²) in [7, 11) is 1.66. The molecule has 74 valence electrons. The first-order chi connectivity index (χ1) is 6.24. The fraction of sp³-hybridized carbons (Fsp3) is 0.600. The maximum absolute atomic E-state index is 5.79. The number of rotatable bonds is 4. The summed E-state index contributed by atoms with van der Waals surface area (Å²) in [6.07, 6.45) is 3.96. The van der Waals surface area contributed by atoms with E-state index in [1.54, 1.807) is 7.11 Å². The molecule has 0 aromatic rings. The molecule has 0 amide bonds. The standard InChI is InChI=1S/C10H17NO2/c1-8-3-4-9(11)10(7-8)13-6-5-12-2/h7H,3-6,11H2,1-2H3. The monoisotopic (exact) mass is 183 g/mol. The van der Waals surface area contributed by atoms with Crippen molar-refractivity contribution in [2.75, 3.05) is 20.3 Å². The van der Waals surface area contributed by atoms with Crippen molar-refractivity contribution in [2.45, 2.75) is 19.8 Å². The average molecular weight is 183 g/mol. The fourth-order valence-corrected chi connectivity index (χ4v) is 1.21. The quantitative estimate of drug-likeness (QED) is 0.673. The minimum absolute atomic E-state index is 0.566. The summed E-state index contributed by atoms with van der Waals surface area (Å²) < 4.78 is 10.3. The third kappa shape index (κ3) is 3.11. The molecule has 0 aromatic heterocycles. The van der Waals surface area contributed by atoms with Crippen LogP contribution in [0.25, 0.3) is 0 Å². The summed E-state index contributed by atoms with van der Waals surface area (Å²) in [5, 5.41) is 0. The lowest BCUT2D eigenvalue weighted by molar-refractivity contribution is 0.112. The predicted molar refractivity (Wildman–Crippen MR) is 52.0 cm³/mol. The molecule has 3 heteroatoms. The van der Waals surface area contributed by atoms with Crippen molar-refractivity contribution in [3.05, 3.63) is 23.1 Å². The van der Waals surface area contributed by atoms with Crippen LogP contribution in [0.4, 0.5) is 0 Å². The second-order valence-corrected chi connectivity index (χ2v) is 3.22. The topological polar surface area (TPSA) is 44.5 Å². The zero-order chi connectivity index (χ0) is 9.68. The number of ether oxygens (including phenoxy) is 2. The first-order valence-electron chi connectivity index (χ1n) is 4.51. The molecule has 0 aliphatic heterocycles. The van der Waals surface area contributed by atoms with E-state index >= 15 is 0 Å². The molecule has 0 unspecified atom stereocenters. The third-order valence-electron chi connectivity index (χ3n) is 2.03. The van der Waals surface area contributed by atoms with Gasteiger partial charge in [-0.15, -0.1) is 0 Å². The minimum Gasteiger partial charge on any atom is -0.489 e. The molecule has 3 nitrogen and oxygen atoms in total. The zero-order valence-corrected chi connectivity index (χ0v) is 8.30. The lowest BCUT2D eigenvalue weighted by Crippen LogP contribution is -2.10. The minimum atomic E-state index is 0.566. The van der Waals surface area contributed by atoms with Gasteiger partial charge in [0.2, 0.25) is 0 Å². The number of hydrogen-bond donors (Lipinski definition) is 1. The number of methoxy groups -OCH3 is 1. The molecule has 0 atom stereocenters. The molecule has 0 bridgehead atoms. The first kappa shape index (κ1) is 10.1. The van der Waals surface area contributed by atoms with E-state index < -0.39 is 0 Å². The molecule has 0 heterocycles. The van der Waals surface area contributed by atoms with Crippen LogP contribution in [0.5, 0.6) is 0 Å². The second kappa shape index (κ2) is 4.92. The largest absolute Gasteiger partial charge is 0.489 e. The van der Waals surface area contributed by atoms with Gasteiger partial charge >= 0.3 is 0 Å². The Balaban J connectivity index is 2.46. The lowest BCUT2D eigenvalue weighted by Gasteiger charge is -2.16. The number of allylic oxidation sites excluding steroid dienone is 3. The maximum Gasteiger partial charge on any atom is 0.138 e. The average Bonchev–Trinajstić information content (AvgIpc) is 2.11. The van der Waals surface area contributed by atoms with Crippen LogP contribution in [0.1, 0.15) is 19.8 Å². The molecule has 13 heavy (non-hydrogen) atoms. The molecular weight excluding hydrogens is 166 g/mol. The fourth-order valence-electron chi connectivity index (χ4n) is 1.21. The van der Waals surface area contributed by atoms with Gasteiger partial charge in [0.1, 0.15) is 12.4 Å². The van der Waals surface area contributed by atoms with Crippen molar-refractivity contribution in [1.82, 2.24) is 0 Å². The van der Waals surface area contributed by atoms with Gasteiger partial charge in [-0.3, -0.25) is 0 Å². The lowest BCUT2D eigenvalue weighted by atomic mass is 10.0. The van der Waals surface area contributed by atoms with Gasteiger partial charge in [0.15, 0.2) is 0 Å². The van der Waals surface area contributed by atoms with E-state index in [-0.39, 0.29) is 0 Å². The van der Waals surface area contributed by atoms with Crippen LogP contribution in [0, 0.1) is 0 Å². The van der Waals surface area contributed by atoms with Gasteiger partial charge in [-0.1, -0.05) is 5.57 Å². The van der Waals surface area contributed by atoms with E-state index in [4.69, 9.17) is 15.2 Å². The SMILES string of the molecule is COCCOC1=C(N)CCC(C)=C1. The summed E-state index contributed by atoms with van der Waals surface area (Å²) >= 11 is 0. The summed E-state index contributed by atoms with van der Waals surface area (Å²) in [5.41, 5.74) is 7.96. The predicted octanol–water partition coefficient (Wildman–Crippen LogP) is 1.56. The Kier molecular flexibility index (Phi) is 3.83. The first-order valence-corrected chi connectivity index (χ1v) is 4.51. The zero-order valence-electron chi connectivity index (χ0n) is 8.30.